The van der Waals surface area contributed by atoms with Crippen LogP contribution in [0.4, 0.5) is 5.69 Å². The molecule has 0 spiro atoms. The van der Waals surface area contributed by atoms with Gasteiger partial charge in [0.2, 0.25) is 0 Å². The van der Waals surface area contributed by atoms with Gasteiger partial charge in [0.15, 0.2) is 0 Å². The third-order valence-corrected chi connectivity index (χ3v) is 3.56. The van der Waals surface area contributed by atoms with Gasteiger partial charge in [0.1, 0.15) is 5.75 Å². The Morgan fingerprint density at radius 3 is 2.95 bits per heavy atom. The van der Waals surface area contributed by atoms with E-state index in [1.54, 1.807) is 7.11 Å². The monoisotopic (exact) mass is 264 g/mol. The summed E-state index contributed by atoms with van der Waals surface area (Å²) in [5, 5.41) is 0. The van der Waals surface area contributed by atoms with Crippen molar-refractivity contribution in [1.82, 2.24) is 4.90 Å². The van der Waals surface area contributed by atoms with Crippen molar-refractivity contribution in [2.24, 2.45) is 0 Å². The van der Waals surface area contributed by atoms with Gasteiger partial charge in [0.25, 0.3) is 0 Å². The fraction of sp³-hybridized carbons (Fsp3) is 0.600. The van der Waals surface area contributed by atoms with E-state index in [1.807, 2.05) is 12.1 Å². The minimum atomic E-state index is 0.384. The molecule has 2 N–H and O–H groups in total. The van der Waals surface area contributed by atoms with Gasteiger partial charge in [0.05, 0.1) is 18.9 Å². The molecule has 1 aromatic carbocycles. The first-order valence-electron chi connectivity index (χ1n) is 6.99. The van der Waals surface area contributed by atoms with Crippen LogP contribution in [-0.4, -0.2) is 37.8 Å². The fourth-order valence-corrected chi connectivity index (χ4v) is 2.67. The Balaban J connectivity index is 1.94. The van der Waals surface area contributed by atoms with E-state index in [4.69, 9.17) is 15.2 Å². The van der Waals surface area contributed by atoms with E-state index in [0.29, 0.717) is 11.8 Å². The number of piperidine rings is 1. The predicted molar refractivity (Wildman–Crippen MR) is 77.3 cm³/mol. The molecular weight excluding hydrogens is 240 g/mol. The molecule has 1 heterocycles. The maximum absolute atomic E-state index is 5.94. The highest BCUT2D eigenvalue weighted by Crippen LogP contribution is 2.23. The Hall–Kier alpha value is -1.26. The lowest BCUT2D eigenvalue weighted by Crippen LogP contribution is -2.39. The molecule has 106 valence electrons. The van der Waals surface area contributed by atoms with Crippen molar-refractivity contribution in [3.05, 3.63) is 23.8 Å². The highest BCUT2D eigenvalue weighted by atomic mass is 16.5. The van der Waals surface area contributed by atoms with Gasteiger partial charge in [-0.25, -0.2) is 0 Å². The quantitative estimate of drug-likeness (QED) is 0.829. The van der Waals surface area contributed by atoms with E-state index in [1.165, 1.54) is 18.4 Å². The number of hydrogen-bond donors (Lipinski definition) is 1. The third kappa shape index (κ3) is 3.85. The molecule has 0 aliphatic carbocycles. The second-order valence-electron chi connectivity index (χ2n) is 5.03. The van der Waals surface area contributed by atoms with Gasteiger partial charge in [-0.05, 0) is 44.0 Å². The molecule has 4 nitrogen and oxygen atoms in total. The van der Waals surface area contributed by atoms with Crippen LogP contribution in [0.5, 0.6) is 5.75 Å². The zero-order valence-corrected chi connectivity index (χ0v) is 11.9. The van der Waals surface area contributed by atoms with Crippen LogP contribution in [-0.2, 0) is 11.3 Å². The molecule has 1 atom stereocenters. The lowest BCUT2D eigenvalue weighted by atomic mass is 10.1. The van der Waals surface area contributed by atoms with Gasteiger partial charge in [0, 0.05) is 19.7 Å². The first-order valence-corrected chi connectivity index (χ1v) is 6.99. The lowest BCUT2D eigenvalue weighted by molar-refractivity contribution is 0.00363. The molecule has 0 saturated carbocycles. The Labute approximate surface area is 115 Å². The summed E-state index contributed by atoms with van der Waals surface area (Å²) in [6.45, 7) is 5.93. The van der Waals surface area contributed by atoms with Crippen LogP contribution in [0.2, 0.25) is 0 Å². The van der Waals surface area contributed by atoms with Gasteiger partial charge < -0.3 is 15.2 Å². The minimum absolute atomic E-state index is 0.384. The SMILES string of the molecule is CCOC1CCCN(Cc2ccc(OC)c(N)c2)C1. The molecule has 0 radical (unpaired) electrons. The molecule has 19 heavy (non-hydrogen) atoms. The molecule has 0 bridgehead atoms. The summed E-state index contributed by atoms with van der Waals surface area (Å²) in [5.41, 5.74) is 7.88. The number of nitrogen functional groups attached to an aromatic ring is 1. The molecule has 2 rings (SSSR count). The van der Waals surface area contributed by atoms with Crippen molar-refractivity contribution < 1.29 is 9.47 Å². The van der Waals surface area contributed by atoms with E-state index in [2.05, 4.69) is 17.9 Å². The average molecular weight is 264 g/mol. The van der Waals surface area contributed by atoms with Gasteiger partial charge in [-0.3, -0.25) is 4.90 Å². The van der Waals surface area contributed by atoms with Gasteiger partial charge in [-0.15, -0.1) is 0 Å². The summed E-state index contributed by atoms with van der Waals surface area (Å²) >= 11 is 0. The normalized spacial score (nSPS) is 20.4. The van der Waals surface area contributed by atoms with Crippen molar-refractivity contribution in [3.63, 3.8) is 0 Å². The Morgan fingerprint density at radius 2 is 2.26 bits per heavy atom. The van der Waals surface area contributed by atoms with Gasteiger partial charge >= 0.3 is 0 Å². The number of likely N-dealkylation sites (tertiary alicyclic amines) is 1. The summed E-state index contributed by atoms with van der Waals surface area (Å²) in [7, 11) is 1.64. The van der Waals surface area contributed by atoms with Crippen molar-refractivity contribution >= 4 is 5.69 Å². The van der Waals surface area contributed by atoms with Crippen LogP contribution in [0.1, 0.15) is 25.3 Å². The third-order valence-electron chi connectivity index (χ3n) is 3.56. The smallest absolute Gasteiger partial charge is 0.141 e. The summed E-state index contributed by atoms with van der Waals surface area (Å²) in [4.78, 5) is 2.44. The zero-order valence-electron chi connectivity index (χ0n) is 11.9. The molecule has 1 unspecified atom stereocenters. The summed E-state index contributed by atoms with van der Waals surface area (Å²) < 4.78 is 10.9. The van der Waals surface area contributed by atoms with Gasteiger partial charge in [-0.1, -0.05) is 6.07 Å². The molecular formula is C15H24N2O2. The Kier molecular flexibility index (Phi) is 5.05. The van der Waals surface area contributed by atoms with Crippen LogP contribution in [0, 0.1) is 0 Å². The molecule has 1 aromatic rings. The van der Waals surface area contributed by atoms with E-state index < -0.39 is 0 Å². The average Bonchev–Trinajstić information content (AvgIpc) is 2.40. The maximum atomic E-state index is 5.94. The minimum Gasteiger partial charge on any atom is -0.495 e. The van der Waals surface area contributed by atoms with Gasteiger partial charge in [-0.2, -0.15) is 0 Å². The Morgan fingerprint density at radius 1 is 1.42 bits per heavy atom. The number of benzene rings is 1. The first-order chi connectivity index (χ1) is 9.22. The molecule has 1 saturated heterocycles. The zero-order chi connectivity index (χ0) is 13.7. The molecule has 0 amide bonds. The molecule has 1 fully saturated rings. The lowest BCUT2D eigenvalue weighted by Gasteiger charge is -2.32. The highest BCUT2D eigenvalue weighted by molar-refractivity contribution is 5.54. The number of anilines is 1. The summed E-state index contributed by atoms with van der Waals surface area (Å²) in [6.07, 6.45) is 2.76. The maximum Gasteiger partial charge on any atom is 0.141 e. The number of nitrogens with zero attached hydrogens (tertiary/aromatic N) is 1. The number of methoxy groups -OCH3 is 1. The van der Waals surface area contributed by atoms with Crippen molar-refractivity contribution in [2.75, 3.05) is 32.5 Å². The van der Waals surface area contributed by atoms with Crippen molar-refractivity contribution in [3.8, 4) is 5.75 Å². The standard InChI is InChI=1S/C15H24N2O2/c1-3-19-13-5-4-8-17(11-13)10-12-6-7-15(18-2)14(16)9-12/h6-7,9,13H,3-5,8,10-11,16H2,1-2H3. The molecule has 4 heteroatoms. The van der Waals surface area contributed by atoms with E-state index in [0.717, 1.165) is 32.0 Å². The van der Waals surface area contributed by atoms with Crippen LogP contribution in [0.3, 0.4) is 0 Å². The van der Waals surface area contributed by atoms with Crippen molar-refractivity contribution in [1.29, 1.82) is 0 Å². The second-order valence-corrected chi connectivity index (χ2v) is 5.03. The van der Waals surface area contributed by atoms with E-state index >= 15 is 0 Å². The predicted octanol–water partition coefficient (Wildman–Crippen LogP) is 2.28. The van der Waals surface area contributed by atoms with Crippen molar-refractivity contribution in [2.45, 2.75) is 32.4 Å². The van der Waals surface area contributed by atoms with E-state index in [9.17, 15) is 0 Å². The highest BCUT2D eigenvalue weighted by Gasteiger charge is 2.20. The van der Waals surface area contributed by atoms with Crippen LogP contribution in [0.25, 0.3) is 0 Å². The molecule has 0 aromatic heterocycles. The number of nitrogens with two attached hydrogens (primary N) is 1. The summed E-state index contributed by atoms with van der Waals surface area (Å²) in [6, 6.07) is 6.03. The van der Waals surface area contributed by atoms with Crippen LogP contribution in [0.15, 0.2) is 18.2 Å². The number of rotatable bonds is 5. The fourth-order valence-electron chi connectivity index (χ4n) is 2.67. The largest absolute Gasteiger partial charge is 0.495 e. The van der Waals surface area contributed by atoms with Crippen LogP contribution >= 0.6 is 0 Å². The molecule has 1 aliphatic rings. The Bertz CT molecular complexity index is 407. The first kappa shape index (κ1) is 14.2. The number of hydrogen-bond acceptors (Lipinski definition) is 4. The molecule has 1 aliphatic heterocycles. The topological polar surface area (TPSA) is 47.7 Å². The van der Waals surface area contributed by atoms with E-state index in [-0.39, 0.29) is 0 Å². The number of ether oxygens (including phenoxy) is 2. The summed E-state index contributed by atoms with van der Waals surface area (Å²) in [5.74, 6) is 0.745. The second kappa shape index (κ2) is 6.78. The van der Waals surface area contributed by atoms with Crippen LogP contribution < -0.4 is 10.5 Å².